The number of hydrogen-bond donors (Lipinski definition) is 1. The third kappa shape index (κ3) is 5.43. The molecule has 5 aromatic rings. The second kappa shape index (κ2) is 10.9. The summed E-state index contributed by atoms with van der Waals surface area (Å²) in [7, 11) is 0. The second-order valence-corrected chi connectivity index (χ2v) is 10.9. The zero-order valence-corrected chi connectivity index (χ0v) is 23.5. The Bertz CT molecular complexity index is 1710. The van der Waals surface area contributed by atoms with Crippen molar-refractivity contribution in [3.63, 3.8) is 0 Å². The van der Waals surface area contributed by atoms with Gasteiger partial charge in [-0.2, -0.15) is 0 Å². The lowest BCUT2D eigenvalue weighted by Gasteiger charge is -2.35. The van der Waals surface area contributed by atoms with Crippen LogP contribution in [0.5, 0.6) is 0 Å². The van der Waals surface area contributed by atoms with Crippen LogP contribution in [0.2, 0.25) is 0 Å². The summed E-state index contributed by atoms with van der Waals surface area (Å²) >= 11 is 0. The van der Waals surface area contributed by atoms with Gasteiger partial charge in [-0.05, 0) is 87.2 Å². The van der Waals surface area contributed by atoms with Gasteiger partial charge in [0.25, 0.3) is 0 Å². The summed E-state index contributed by atoms with van der Waals surface area (Å²) in [6, 6.07) is 22.1. The van der Waals surface area contributed by atoms with E-state index < -0.39 is 11.6 Å². The molecule has 0 saturated heterocycles. The molecule has 204 valence electrons. The van der Waals surface area contributed by atoms with Crippen LogP contribution in [0.3, 0.4) is 0 Å². The Hall–Kier alpha value is -4.59. The number of amides is 2. The van der Waals surface area contributed by atoms with Crippen LogP contribution in [0.4, 0.5) is 5.69 Å². The Kier molecular flexibility index (Phi) is 7.34. The first-order valence-corrected chi connectivity index (χ1v) is 13.5. The summed E-state index contributed by atoms with van der Waals surface area (Å²) in [6.07, 6.45) is 2.47. The molecule has 0 aliphatic carbocycles. The molecule has 0 bridgehead atoms. The Morgan fingerprint density at radius 2 is 1.77 bits per heavy atom. The molecule has 1 N–H and O–H groups in total. The number of benzene rings is 3. The van der Waals surface area contributed by atoms with Crippen LogP contribution in [-0.4, -0.2) is 37.3 Å². The molecule has 0 unspecified atom stereocenters. The fourth-order valence-corrected chi connectivity index (χ4v) is 4.81. The number of anilines is 1. The number of aromatic nitrogens is 4. The van der Waals surface area contributed by atoms with Crippen LogP contribution < -0.4 is 10.2 Å². The number of aryl methyl sites for hydroxylation is 2. The molecule has 8 heteroatoms. The average Bonchev–Trinajstić information content (AvgIpc) is 3.35. The lowest BCUT2D eigenvalue weighted by Crippen LogP contribution is -2.51. The summed E-state index contributed by atoms with van der Waals surface area (Å²) in [6.45, 7) is 9.85. The van der Waals surface area contributed by atoms with Crippen molar-refractivity contribution in [1.82, 2.24) is 25.3 Å². The molecule has 40 heavy (non-hydrogen) atoms. The molecule has 2 aromatic heterocycles. The maximum absolute atomic E-state index is 14.4. The van der Waals surface area contributed by atoms with Gasteiger partial charge in [-0.25, -0.2) is 4.68 Å². The van der Waals surface area contributed by atoms with Gasteiger partial charge in [0.05, 0.1) is 11.0 Å². The highest BCUT2D eigenvalue weighted by molar-refractivity contribution is 6.02. The molecule has 0 spiro atoms. The Morgan fingerprint density at radius 1 is 0.975 bits per heavy atom. The van der Waals surface area contributed by atoms with E-state index in [1.165, 1.54) is 0 Å². The second-order valence-electron chi connectivity index (χ2n) is 10.9. The van der Waals surface area contributed by atoms with E-state index in [0.29, 0.717) is 16.8 Å². The van der Waals surface area contributed by atoms with Gasteiger partial charge in [0.2, 0.25) is 11.8 Å². The van der Waals surface area contributed by atoms with Gasteiger partial charge in [0.1, 0.15) is 18.1 Å². The quantitative estimate of drug-likeness (QED) is 0.277. The highest BCUT2D eigenvalue weighted by Crippen LogP contribution is 2.33. The molecule has 5 rings (SSSR count). The van der Waals surface area contributed by atoms with E-state index in [2.05, 4.69) is 20.6 Å². The lowest BCUT2D eigenvalue weighted by molar-refractivity contribution is -0.128. The number of fused-ring (bicyclic) bond motifs is 2. The van der Waals surface area contributed by atoms with Crippen LogP contribution in [0.1, 0.15) is 49.9 Å². The summed E-state index contributed by atoms with van der Waals surface area (Å²) in [4.78, 5) is 34.7. The summed E-state index contributed by atoms with van der Waals surface area (Å²) in [5, 5.41) is 12.6. The topological polar surface area (TPSA) is 93.0 Å². The minimum atomic E-state index is -0.932. The summed E-state index contributed by atoms with van der Waals surface area (Å²) < 4.78 is 1.59. The smallest absolute Gasteiger partial charge is 0.249 e. The van der Waals surface area contributed by atoms with E-state index in [9.17, 15) is 9.59 Å². The molecule has 3 aromatic carbocycles. The van der Waals surface area contributed by atoms with Crippen molar-refractivity contribution in [2.75, 3.05) is 4.90 Å². The van der Waals surface area contributed by atoms with Gasteiger partial charge >= 0.3 is 0 Å². The molecule has 2 amide bonds. The number of rotatable bonds is 8. The van der Waals surface area contributed by atoms with Crippen molar-refractivity contribution in [1.29, 1.82) is 0 Å². The van der Waals surface area contributed by atoms with Crippen molar-refractivity contribution in [2.24, 2.45) is 0 Å². The molecular formula is C32H34N6O2. The number of para-hydroxylation sites is 1. The first-order chi connectivity index (χ1) is 19.2. The Labute approximate surface area is 234 Å². The normalized spacial score (nSPS) is 12.4. The van der Waals surface area contributed by atoms with Crippen LogP contribution in [0.15, 0.2) is 79.0 Å². The van der Waals surface area contributed by atoms with Gasteiger partial charge in [-0.1, -0.05) is 48.5 Å². The van der Waals surface area contributed by atoms with Crippen molar-refractivity contribution < 1.29 is 9.59 Å². The average molecular weight is 535 g/mol. The van der Waals surface area contributed by atoms with Gasteiger partial charge in [0.15, 0.2) is 0 Å². The van der Waals surface area contributed by atoms with Crippen LogP contribution in [-0.2, 0) is 16.1 Å². The number of carbonyl (C=O) groups excluding carboxylic acids is 2. The van der Waals surface area contributed by atoms with Crippen molar-refractivity contribution >= 4 is 39.4 Å². The van der Waals surface area contributed by atoms with Crippen LogP contribution in [0.25, 0.3) is 21.9 Å². The Balaban J connectivity index is 1.68. The van der Waals surface area contributed by atoms with Crippen molar-refractivity contribution in [3.8, 4) is 0 Å². The molecule has 0 saturated carbocycles. The minimum Gasteiger partial charge on any atom is -0.349 e. The number of hydrogen-bond acceptors (Lipinski definition) is 5. The Morgan fingerprint density at radius 3 is 2.58 bits per heavy atom. The number of carbonyl (C=O) groups is 2. The number of nitrogens with zero attached hydrogens (tertiary/aromatic N) is 5. The van der Waals surface area contributed by atoms with Crippen LogP contribution >= 0.6 is 0 Å². The predicted octanol–water partition coefficient (Wildman–Crippen LogP) is 5.68. The first kappa shape index (κ1) is 27.0. The van der Waals surface area contributed by atoms with E-state index >= 15 is 0 Å². The lowest BCUT2D eigenvalue weighted by atomic mass is 9.96. The standard InChI is InChI=1S/C32H34N6O2/c1-6-32(4,5)34-31(40)30(24-15-16-25-23(19-24)10-9-17-33-25)38(28-18-21(2)13-14-22(28)3)29(39)20-37-27-12-8-7-11-26(27)35-36-37/h7-19,30H,6,20H2,1-5H3,(H,34,40)/t30-/m1/s1. The zero-order valence-electron chi connectivity index (χ0n) is 23.5. The van der Waals surface area contributed by atoms with Gasteiger partial charge in [-0.3, -0.25) is 19.5 Å². The molecule has 1 atom stereocenters. The van der Waals surface area contributed by atoms with E-state index in [1.807, 2.05) is 107 Å². The monoisotopic (exact) mass is 534 g/mol. The maximum atomic E-state index is 14.4. The van der Waals surface area contributed by atoms with E-state index in [-0.39, 0.29) is 18.4 Å². The minimum absolute atomic E-state index is 0.0794. The van der Waals surface area contributed by atoms with Crippen molar-refractivity contribution in [3.05, 3.63) is 95.7 Å². The van der Waals surface area contributed by atoms with Gasteiger partial charge in [0, 0.05) is 22.8 Å². The van der Waals surface area contributed by atoms with E-state index in [4.69, 9.17) is 0 Å². The molecule has 8 nitrogen and oxygen atoms in total. The maximum Gasteiger partial charge on any atom is 0.249 e. The molecule has 0 aliphatic rings. The summed E-state index contributed by atoms with van der Waals surface area (Å²) in [5.41, 5.74) is 5.05. The molecule has 0 radical (unpaired) electrons. The number of nitrogens with one attached hydrogen (secondary N) is 1. The van der Waals surface area contributed by atoms with Gasteiger partial charge < -0.3 is 5.32 Å². The molecule has 0 aliphatic heterocycles. The fourth-order valence-electron chi connectivity index (χ4n) is 4.81. The van der Waals surface area contributed by atoms with E-state index in [0.717, 1.165) is 34.0 Å². The largest absolute Gasteiger partial charge is 0.349 e. The highest BCUT2D eigenvalue weighted by atomic mass is 16.2. The van der Waals surface area contributed by atoms with Crippen molar-refractivity contribution in [2.45, 2.75) is 59.2 Å². The molecular weight excluding hydrogens is 500 g/mol. The summed E-state index contributed by atoms with van der Waals surface area (Å²) in [5.74, 6) is -0.530. The molecule has 0 fully saturated rings. The van der Waals surface area contributed by atoms with Crippen LogP contribution in [0, 0.1) is 13.8 Å². The first-order valence-electron chi connectivity index (χ1n) is 13.5. The SMILES string of the molecule is CCC(C)(C)NC(=O)[C@@H](c1ccc2ncccc2c1)N(C(=O)Cn1nnc2ccccc21)c1cc(C)ccc1C. The number of pyridine rings is 1. The molecule has 2 heterocycles. The highest BCUT2D eigenvalue weighted by Gasteiger charge is 2.36. The van der Waals surface area contributed by atoms with E-state index in [1.54, 1.807) is 15.8 Å². The third-order valence-corrected chi connectivity index (χ3v) is 7.39. The predicted molar refractivity (Wildman–Crippen MR) is 158 cm³/mol. The fraction of sp³-hybridized carbons (Fsp3) is 0.281. The van der Waals surface area contributed by atoms with Gasteiger partial charge in [-0.15, -0.1) is 5.10 Å². The zero-order chi connectivity index (χ0) is 28.4. The third-order valence-electron chi connectivity index (χ3n) is 7.39.